The molecule has 2 aliphatic rings. The first-order chi connectivity index (χ1) is 13.6. The molecule has 0 saturated heterocycles. The van der Waals surface area contributed by atoms with Crippen molar-refractivity contribution in [1.82, 2.24) is 15.1 Å². The van der Waals surface area contributed by atoms with Gasteiger partial charge in [0.1, 0.15) is 5.70 Å². The maximum absolute atomic E-state index is 12.7. The molecule has 146 valence electrons. The minimum Gasteiger partial charge on any atom is -0.394 e. The lowest BCUT2D eigenvalue weighted by Crippen LogP contribution is -2.35. The number of rotatable bonds is 3. The number of hydrogen-bond donors (Lipinski definition) is 2. The maximum Gasteiger partial charge on any atom is 0.268 e. The second-order valence-corrected chi connectivity index (χ2v) is 7.69. The van der Waals surface area contributed by atoms with Crippen molar-refractivity contribution in [2.24, 2.45) is 5.73 Å². The molecule has 1 heterocycles. The van der Waals surface area contributed by atoms with E-state index in [-0.39, 0.29) is 23.4 Å². The van der Waals surface area contributed by atoms with Gasteiger partial charge >= 0.3 is 0 Å². The molecule has 6 heteroatoms. The summed E-state index contributed by atoms with van der Waals surface area (Å²) in [6.45, 7) is 2.07. The Labute approximate surface area is 164 Å². The molecule has 2 aliphatic carbocycles. The molecule has 1 aromatic carbocycles. The number of carbonyl (C=O) groups is 2. The smallest absolute Gasteiger partial charge is 0.268 e. The predicted molar refractivity (Wildman–Crippen MR) is 107 cm³/mol. The third-order valence-corrected chi connectivity index (χ3v) is 5.82. The van der Waals surface area contributed by atoms with Gasteiger partial charge in [-0.15, -0.1) is 0 Å². The Hall–Kier alpha value is -2.89. The van der Waals surface area contributed by atoms with Crippen LogP contribution in [0.1, 0.15) is 61.4 Å². The third kappa shape index (κ3) is 3.35. The molecule has 1 aromatic heterocycles. The van der Waals surface area contributed by atoms with Crippen molar-refractivity contribution in [2.75, 3.05) is 0 Å². The minimum absolute atomic E-state index is 0.00982. The fraction of sp³-hybridized carbons (Fsp3) is 0.409. The van der Waals surface area contributed by atoms with Gasteiger partial charge in [0.2, 0.25) is 0 Å². The summed E-state index contributed by atoms with van der Waals surface area (Å²) >= 11 is 0. The van der Waals surface area contributed by atoms with E-state index in [9.17, 15) is 9.59 Å². The number of carbonyl (C=O) groups excluding carboxylic acids is 2. The Bertz CT molecular complexity index is 957. The number of aryl methyl sites for hydroxylation is 1. The summed E-state index contributed by atoms with van der Waals surface area (Å²) in [5, 5.41) is 7.65. The molecule has 0 radical (unpaired) electrons. The molecule has 0 aliphatic heterocycles. The lowest BCUT2D eigenvalue weighted by molar-refractivity contribution is -0.120. The van der Waals surface area contributed by atoms with Gasteiger partial charge in [-0.1, -0.05) is 18.2 Å². The van der Waals surface area contributed by atoms with Crippen LogP contribution in [0.2, 0.25) is 0 Å². The number of para-hydroxylation sites is 1. The van der Waals surface area contributed by atoms with Crippen molar-refractivity contribution >= 4 is 11.7 Å². The number of aromatic nitrogens is 2. The summed E-state index contributed by atoms with van der Waals surface area (Å²) < 4.78 is 1.98. The van der Waals surface area contributed by atoms with Crippen molar-refractivity contribution in [3.8, 4) is 5.69 Å². The highest BCUT2D eigenvalue weighted by Gasteiger charge is 2.28. The number of Topliss-reactive ketones (excluding diaryl/α,β-unsaturated/α-hetero) is 1. The number of fused-ring (bicyclic) bond motifs is 1. The van der Waals surface area contributed by atoms with Crippen LogP contribution in [0.5, 0.6) is 0 Å². The molecule has 0 spiro atoms. The number of nitrogens with one attached hydrogen (secondary N) is 1. The van der Waals surface area contributed by atoms with E-state index in [2.05, 4.69) is 29.5 Å². The lowest BCUT2D eigenvalue weighted by Gasteiger charge is -2.25. The van der Waals surface area contributed by atoms with Gasteiger partial charge in [0.05, 0.1) is 17.9 Å². The molecule has 1 unspecified atom stereocenters. The van der Waals surface area contributed by atoms with Gasteiger partial charge in [0.15, 0.2) is 5.78 Å². The highest BCUT2D eigenvalue weighted by molar-refractivity contribution is 6.05. The Morgan fingerprint density at radius 2 is 1.96 bits per heavy atom. The predicted octanol–water partition coefficient (Wildman–Crippen LogP) is 3.03. The van der Waals surface area contributed by atoms with Gasteiger partial charge in [-0.3, -0.25) is 9.59 Å². The first kappa shape index (κ1) is 18.5. The van der Waals surface area contributed by atoms with Crippen LogP contribution in [0, 0.1) is 6.92 Å². The van der Waals surface area contributed by atoms with Crippen molar-refractivity contribution in [2.45, 2.75) is 57.9 Å². The van der Waals surface area contributed by atoms with Crippen molar-refractivity contribution in [3.63, 3.8) is 0 Å². The topological polar surface area (TPSA) is 90.0 Å². The summed E-state index contributed by atoms with van der Waals surface area (Å²) in [6.07, 6.45) is 7.44. The summed E-state index contributed by atoms with van der Waals surface area (Å²) in [7, 11) is 0. The van der Waals surface area contributed by atoms with Gasteiger partial charge in [-0.25, -0.2) is 4.68 Å². The fourth-order valence-corrected chi connectivity index (χ4v) is 4.25. The number of ketones is 1. The molecular weight excluding hydrogens is 352 g/mol. The average Bonchev–Trinajstić information content (AvgIpc) is 3.13. The van der Waals surface area contributed by atoms with Gasteiger partial charge in [0, 0.05) is 23.3 Å². The quantitative estimate of drug-likeness (QED) is 0.804. The van der Waals surface area contributed by atoms with Gasteiger partial charge < -0.3 is 11.1 Å². The molecule has 2 aromatic rings. The molecule has 1 amide bonds. The summed E-state index contributed by atoms with van der Waals surface area (Å²) in [5.74, 6) is -0.331. The van der Waals surface area contributed by atoms with Gasteiger partial charge in [0.25, 0.3) is 5.91 Å². The monoisotopic (exact) mass is 378 g/mol. The summed E-state index contributed by atoms with van der Waals surface area (Å²) in [5.41, 5.74) is 11.0. The lowest BCUT2D eigenvalue weighted by atomic mass is 9.90. The molecule has 1 fully saturated rings. The van der Waals surface area contributed by atoms with E-state index in [1.54, 1.807) is 0 Å². The SMILES string of the molecule is Cc1ccccc1-n1ncc2c1CCCC2NC(=O)C(N)=C1CCCCC1=O. The van der Waals surface area contributed by atoms with Crippen LogP contribution in [0.25, 0.3) is 5.69 Å². The zero-order valence-electron chi connectivity index (χ0n) is 16.2. The van der Waals surface area contributed by atoms with Crippen LogP contribution in [0.3, 0.4) is 0 Å². The fourth-order valence-electron chi connectivity index (χ4n) is 4.25. The molecule has 28 heavy (non-hydrogen) atoms. The molecule has 1 saturated carbocycles. The number of nitrogens with two attached hydrogens (primary N) is 1. The Morgan fingerprint density at radius 3 is 2.75 bits per heavy atom. The Morgan fingerprint density at radius 1 is 1.18 bits per heavy atom. The van der Waals surface area contributed by atoms with E-state index in [0.29, 0.717) is 18.4 Å². The largest absolute Gasteiger partial charge is 0.394 e. The van der Waals surface area contributed by atoms with Crippen LogP contribution in [-0.4, -0.2) is 21.5 Å². The van der Waals surface area contributed by atoms with Gasteiger partial charge in [-0.05, 0) is 57.1 Å². The Kier molecular flexibility index (Phi) is 5.03. The first-order valence-electron chi connectivity index (χ1n) is 10.0. The van der Waals surface area contributed by atoms with Crippen molar-refractivity contribution in [3.05, 3.63) is 58.6 Å². The number of hydrogen-bond acceptors (Lipinski definition) is 4. The minimum atomic E-state index is -0.341. The number of nitrogens with zero attached hydrogens (tertiary/aromatic N) is 2. The van der Waals surface area contributed by atoms with Crippen LogP contribution in [0.15, 0.2) is 41.7 Å². The second kappa shape index (κ2) is 7.62. The zero-order valence-corrected chi connectivity index (χ0v) is 16.2. The Balaban J connectivity index is 1.59. The summed E-state index contributed by atoms with van der Waals surface area (Å²) in [4.78, 5) is 24.8. The second-order valence-electron chi connectivity index (χ2n) is 7.69. The molecule has 4 rings (SSSR count). The third-order valence-electron chi connectivity index (χ3n) is 5.82. The van der Waals surface area contributed by atoms with Crippen LogP contribution in [-0.2, 0) is 16.0 Å². The van der Waals surface area contributed by atoms with Gasteiger partial charge in [-0.2, -0.15) is 5.10 Å². The van der Waals surface area contributed by atoms with Crippen LogP contribution in [0.4, 0.5) is 0 Å². The number of amides is 1. The van der Waals surface area contributed by atoms with Crippen LogP contribution < -0.4 is 11.1 Å². The van der Waals surface area contributed by atoms with Crippen LogP contribution >= 0.6 is 0 Å². The number of allylic oxidation sites excluding steroid dienone is 1. The number of benzene rings is 1. The van der Waals surface area contributed by atoms with E-state index in [4.69, 9.17) is 5.73 Å². The zero-order chi connectivity index (χ0) is 19.7. The highest BCUT2D eigenvalue weighted by Crippen LogP contribution is 2.32. The van der Waals surface area contributed by atoms with E-state index < -0.39 is 0 Å². The molecule has 0 bridgehead atoms. The van der Waals surface area contributed by atoms with Crippen molar-refractivity contribution < 1.29 is 9.59 Å². The molecule has 1 atom stereocenters. The highest BCUT2D eigenvalue weighted by atomic mass is 16.2. The standard InChI is InChI=1S/C22H26N4O2/c1-14-7-2-4-10-18(14)26-19-11-6-9-17(16(19)13-24-26)25-22(28)21(23)15-8-3-5-12-20(15)27/h2,4,7,10,13,17H,3,5-6,8-9,11-12,23H2,1H3,(H,25,28). The maximum atomic E-state index is 12.7. The average molecular weight is 378 g/mol. The van der Waals surface area contributed by atoms with E-state index in [1.165, 1.54) is 0 Å². The molecule has 3 N–H and O–H groups in total. The van der Waals surface area contributed by atoms with Crippen molar-refractivity contribution in [1.29, 1.82) is 0 Å². The van der Waals surface area contributed by atoms with E-state index in [0.717, 1.165) is 54.6 Å². The summed E-state index contributed by atoms with van der Waals surface area (Å²) in [6, 6.07) is 8.01. The molecular formula is C22H26N4O2. The normalized spacial score (nSPS) is 21.2. The van der Waals surface area contributed by atoms with E-state index in [1.807, 2.05) is 23.0 Å². The first-order valence-corrected chi connectivity index (χ1v) is 10.0. The van der Waals surface area contributed by atoms with E-state index >= 15 is 0 Å². The molecule has 6 nitrogen and oxygen atoms in total.